The van der Waals surface area contributed by atoms with Gasteiger partial charge in [-0.3, -0.25) is 0 Å². The Morgan fingerprint density at radius 3 is 2.92 bits per heavy atom. The Labute approximate surface area is 91.0 Å². The summed E-state index contributed by atoms with van der Waals surface area (Å²) in [6.45, 7) is 4.97. The summed E-state index contributed by atoms with van der Waals surface area (Å²) < 4.78 is 0. The van der Waals surface area contributed by atoms with Crippen LogP contribution in [0.1, 0.15) is 45.4 Å². The van der Waals surface area contributed by atoms with Crippen molar-refractivity contribution >= 4 is 15.9 Å². The van der Waals surface area contributed by atoms with E-state index in [1.807, 2.05) is 0 Å². The average molecular weight is 248 g/mol. The van der Waals surface area contributed by atoms with Crippen molar-refractivity contribution in [1.82, 2.24) is 4.90 Å². The second-order valence-electron chi connectivity index (χ2n) is 4.02. The number of hydrogen-bond donors (Lipinski definition) is 0. The maximum absolute atomic E-state index is 3.51. The fraction of sp³-hybridized carbons (Fsp3) is 1.00. The predicted molar refractivity (Wildman–Crippen MR) is 62.5 cm³/mol. The number of hydrogen-bond acceptors (Lipinski definition) is 1. The van der Waals surface area contributed by atoms with E-state index in [0.717, 1.165) is 6.04 Å². The van der Waals surface area contributed by atoms with E-state index in [1.165, 1.54) is 56.9 Å². The quantitative estimate of drug-likeness (QED) is 0.651. The minimum Gasteiger partial charge on any atom is -0.300 e. The Balaban J connectivity index is 2.18. The summed E-state index contributed by atoms with van der Waals surface area (Å²) in [5, 5.41) is 1.17. The molecule has 0 aromatic carbocycles. The molecule has 1 aliphatic rings. The van der Waals surface area contributed by atoms with Crippen LogP contribution in [0.25, 0.3) is 0 Å². The van der Waals surface area contributed by atoms with Gasteiger partial charge < -0.3 is 4.90 Å². The first-order chi connectivity index (χ1) is 6.38. The van der Waals surface area contributed by atoms with Crippen LogP contribution in [0.4, 0.5) is 0 Å². The highest BCUT2D eigenvalue weighted by atomic mass is 79.9. The van der Waals surface area contributed by atoms with Crippen LogP contribution in [-0.4, -0.2) is 29.4 Å². The molecule has 1 atom stereocenters. The fourth-order valence-corrected chi connectivity index (χ4v) is 2.51. The van der Waals surface area contributed by atoms with E-state index in [0.29, 0.717) is 0 Å². The van der Waals surface area contributed by atoms with Gasteiger partial charge in [0.15, 0.2) is 0 Å². The van der Waals surface area contributed by atoms with Gasteiger partial charge in [-0.15, -0.1) is 0 Å². The largest absolute Gasteiger partial charge is 0.300 e. The lowest BCUT2D eigenvalue weighted by Gasteiger charge is -2.23. The Bertz CT molecular complexity index is 113. The lowest BCUT2D eigenvalue weighted by Crippen LogP contribution is -2.30. The van der Waals surface area contributed by atoms with Crippen molar-refractivity contribution in [3.8, 4) is 0 Å². The summed E-state index contributed by atoms with van der Waals surface area (Å²) in [5.74, 6) is 0. The molecule has 0 N–H and O–H groups in total. The monoisotopic (exact) mass is 247 g/mol. The maximum atomic E-state index is 3.51. The number of alkyl halides is 1. The highest BCUT2D eigenvalue weighted by Crippen LogP contribution is 2.21. The molecule has 1 heterocycles. The van der Waals surface area contributed by atoms with Crippen molar-refractivity contribution in [3.05, 3.63) is 0 Å². The summed E-state index contributed by atoms with van der Waals surface area (Å²) in [7, 11) is 0. The average Bonchev–Trinajstić information content (AvgIpc) is 2.59. The smallest absolute Gasteiger partial charge is 0.00960 e. The molecule has 13 heavy (non-hydrogen) atoms. The minimum absolute atomic E-state index is 0.907. The normalized spacial score (nSPS) is 24.0. The number of likely N-dealkylation sites (tertiary alicyclic amines) is 1. The van der Waals surface area contributed by atoms with Crippen LogP contribution in [0.5, 0.6) is 0 Å². The van der Waals surface area contributed by atoms with Gasteiger partial charge in [-0.25, -0.2) is 0 Å². The molecule has 0 spiro atoms. The molecule has 0 saturated carbocycles. The molecule has 0 aromatic rings. The van der Waals surface area contributed by atoms with Gasteiger partial charge in [-0.05, 0) is 45.2 Å². The van der Waals surface area contributed by atoms with Crippen LogP contribution in [0.3, 0.4) is 0 Å². The molecule has 1 aliphatic heterocycles. The minimum atomic E-state index is 0.907. The second-order valence-corrected chi connectivity index (χ2v) is 4.81. The zero-order chi connectivity index (χ0) is 9.52. The topological polar surface area (TPSA) is 3.24 Å². The summed E-state index contributed by atoms with van der Waals surface area (Å²) in [6.07, 6.45) is 8.32. The zero-order valence-corrected chi connectivity index (χ0v) is 10.4. The lowest BCUT2D eigenvalue weighted by molar-refractivity contribution is 0.239. The third-order valence-electron chi connectivity index (χ3n) is 2.97. The van der Waals surface area contributed by atoms with Gasteiger partial charge in [0, 0.05) is 11.4 Å². The predicted octanol–water partition coefficient (Wildman–Crippen LogP) is 3.43. The van der Waals surface area contributed by atoms with Crippen LogP contribution >= 0.6 is 15.9 Å². The van der Waals surface area contributed by atoms with E-state index in [9.17, 15) is 0 Å². The molecule has 0 radical (unpaired) electrons. The van der Waals surface area contributed by atoms with Gasteiger partial charge in [0.25, 0.3) is 0 Å². The molecule has 1 saturated heterocycles. The Hall–Kier alpha value is 0.440. The Morgan fingerprint density at radius 1 is 1.38 bits per heavy atom. The van der Waals surface area contributed by atoms with Crippen LogP contribution in [0.2, 0.25) is 0 Å². The van der Waals surface area contributed by atoms with E-state index in [2.05, 4.69) is 27.8 Å². The molecule has 0 bridgehead atoms. The summed E-state index contributed by atoms with van der Waals surface area (Å²) in [6, 6.07) is 0.907. The molecule has 0 aliphatic carbocycles. The molecule has 1 rings (SSSR count). The van der Waals surface area contributed by atoms with E-state index in [-0.39, 0.29) is 0 Å². The van der Waals surface area contributed by atoms with E-state index < -0.39 is 0 Å². The lowest BCUT2D eigenvalue weighted by atomic mass is 10.1. The summed E-state index contributed by atoms with van der Waals surface area (Å²) >= 11 is 3.51. The van der Waals surface area contributed by atoms with Gasteiger partial charge in [-0.2, -0.15) is 0 Å². The van der Waals surface area contributed by atoms with Gasteiger partial charge >= 0.3 is 0 Å². The Morgan fingerprint density at radius 2 is 2.23 bits per heavy atom. The van der Waals surface area contributed by atoms with Crippen LogP contribution in [0, 0.1) is 0 Å². The number of rotatable bonds is 6. The molecule has 2 heteroatoms. The molecule has 0 aromatic heterocycles. The summed E-state index contributed by atoms with van der Waals surface area (Å²) in [4.78, 5) is 2.70. The molecular weight excluding hydrogens is 226 g/mol. The third-order valence-corrected chi connectivity index (χ3v) is 3.53. The van der Waals surface area contributed by atoms with Crippen molar-refractivity contribution in [3.63, 3.8) is 0 Å². The zero-order valence-electron chi connectivity index (χ0n) is 8.77. The van der Waals surface area contributed by atoms with Crippen molar-refractivity contribution < 1.29 is 0 Å². The van der Waals surface area contributed by atoms with E-state index in [4.69, 9.17) is 0 Å². The fourth-order valence-electron chi connectivity index (χ4n) is 2.19. The molecule has 1 nitrogen and oxygen atoms in total. The van der Waals surface area contributed by atoms with Gasteiger partial charge in [0.1, 0.15) is 0 Å². The standard InChI is InChI=1S/C11H22BrN/c1-2-3-9-13-10-5-7-11(13)6-4-8-12/h11H,2-10H2,1H3. The number of unbranched alkanes of at least 4 members (excludes halogenated alkanes) is 1. The molecule has 1 fully saturated rings. The highest BCUT2D eigenvalue weighted by Gasteiger charge is 2.22. The van der Waals surface area contributed by atoms with Gasteiger partial charge in [0.05, 0.1) is 0 Å². The first-order valence-corrected chi connectivity index (χ1v) is 6.80. The molecular formula is C11H22BrN. The van der Waals surface area contributed by atoms with E-state index in [1.54, 1.807) is 0 Å². The van der Waals surface area contributed by atoms with E-state index >= 15 is 0 Å². The second kappa shape index (κ2) is 6.83. The first-order valence-electron chi connectivity index (χ1n) is 5.68. The van der Waals surface area contributed by atoms with Gasteiger partial charge in [0.2, 0.25) is 0 Å². The van der Waals surface area contributed by atoms with Gasteiger partial charge in [-0.1, -0.05) is 29.3 Å². The number of nitrogens with zero attached hydrogens (tertiary/aromatic N) is 1. The van der Waals surface area contributed by atoms with Crippen LogP contribution in [-0.2, 0) is 0 Å². The van der Waals surface area contributed by atoms with Crippen LogP contribution < -0.4 is 0 Å². The van der Waals surface area contributed by atoms with Crippen molar-refractivity contribution in [2.45, 2.75) is 51.5 Å². The summed E-state index contributed by atoms with van der Waals surface area (Å²) in [5.41, 5.74) is 0. The first kappa shape index (κ1) is 11.5. The SMILES string of the molecule is CCCCN1CCCC1CCCBr. The molecule has 0 amide bonds. The molecule has 1 unspecified atom stereocenters. The third kappa shape index (κ3) is 3.99. The van der Waals surface area contributed by atoms with Crippen molar-refractivity contribution in [2.75, 3.05) is 18.4 Å². The maximum Gasteiger partial charge on any atom is 0.00960 e. The van der Waals surface area contributed by atoms with Crippen molar-refractivity contribution in [2.24, 2.45) is 0 Å². The highest BCUT2D eigenvalue weighted by molar-refractivity contribution is 9.09. The van der Waals surface area contributed by atoms with Crippen LogP contribution in [0.15, 0.2) is 0 Å². The van der Waals surface area contributed by atoms with Crippen molar-refractivity contribution in [1.29, 1.82) is 0 Å². The Kier molecular flexibility index (Phi) is 6.05. The molecule has 78 valence electrons. The number of halogens is 1.